The van der Waals surface area contributed by atoms with E-state index in [1.54, 1.807) is 55.6 Å². The molecule has 6 nitrogen and oxygen atoms in total. The molecule has 0 saturated carbocycles. The van der Waals surface area contributed by atoms with Crippen LogP contribution in [-0.2, 0) is 9.59 Å². The van der Waals surface area contributed by atoms with E-state index in [-0.39, 0.29) is 24.8 Å². The number of benzene rings is 2. The Kier molecular flexibility index (Phi) is 6.13. The summed E-state index contributed by atoms with van der Waals surface area (Å²) in [5.41, 5.74) is 1.85. The molecule has 2 rings (SSSR count). The van der Waals surface area contributed by atoms with Gasteiger partial charge in [0.1, 0.15) is 5.75 Å². The lowest BCUT2D eigenvalue weighted by atomic mass is 10.2. The van der Waals surface area contributed by atoms with Gasteiger partial charge in [0.25, 0.3) is 0 Å². The topological polar surface area (TPSA) is 82.4 Å². The Labute approximate surface area is 146 Å². The minimum Gasteiger partial charge on any atom is -0.497 e. The van der Waals surface area contributed by atoms with E-state index in [9.17, 15) is 9.59 Å². The van der Waals surface area contributed by atoms with E-state index in [2.05, 4.69) is 5.32 Å². The van der Waals surface area contributed by atoms with Gasteiger partial charge in [0, 0.05) is 31.3 Å². The zero-order valence-electron chi connectivity index (χ0n) is 14.2. The molecule has 0 radical (unpaired) electrons. The number of nitrogens with zero attached hydrogens (tertiary/aromatic N) is 2. The molecule has 0 fully saturated rings. The molecule has 25 heavy (non-hydrogen) atoms. The fourth-order valence-corrected chi connectivity index (χ4v) is 2.30. The first-order valence-corrected chi connectivity index (χ1v) is 7.75. The van der Waals surface area contributed by atoms with Crippen LogP contribution >= 0.6 is 0 Å². The summed E-state index contributed by atoms with van der Waals surface area (Å²) in [5, 5.41) is 11.5. The van der Waals surface area contributed by atoms with Gasteiger partial charge in [0.05, 0.1) is 18.7 Å². The summed E-state index contributed by atoms with van der Waals surface area (Å²) in [4.78, 5) is 25.5. The Morgan fingerprint density at radius 1 is 1.12 bits per heavy atom. The maximum absolute atomic E-state index is 12.1. The van der Waals surface area contributed by atoms with Crippen LogP contribution in [0.1, 0.15) is 18.9 Å². The van der Waals surface area contributed by atoms with Crippen molar-refractivity contribution in [2.45, 2.75) is 13.3 Å². The number of nitriles is 1. The Morgan fingerprint density at radius 2 is 1.76 bits per heavy atom. The third kappa shape index (κ3) is 5.08. The second-order valence-electron chi connectivity index (χ2n) is 5.36. The molecule has 0 aliphatic rings. The number of hydrogen-bond donors (Lipinski definition) is 1. The van der Waals surface area contributed by atoms with E-state index in [1.165, 1.54) is 11.8 Å². The number of hydrogen-bond acceptors (Lipinski definition) is 4. The van der Waals surface area contributed by atoms with Crippen molar-refractivity contribution in [1.82, 2.24) is 0 Å². The largest absolute Gasteiger partial charge is 0.497 e. The van der Waals surface area contributed by atoms with Gasteiger partial charge >= 0.3 is 0 Å². The highest BCUT2D eigenvalue weighted by Gasteiger charge is 2.13. The highest BCUT2D eigenvalue weighted by atomic mass is 16.5. The van der Waals surface area contributed by atoms with Gasteiger partial charge in [0.15, 0.2) is 0 Å². The lowest BCUT2D eigenvalue weighted by Gasteiger charge is -2.21. The second-order valence-corrected chi connectivity index (χ2v) is 5.36. The number of nitrogens with one attached hydrogen (secondary N) is 1. The first-order chi connectivity index (χ1) is 12.0. The minimum absolute atomic E-state index is 0.142. The van der Waals surface area contributed by atoms with Crippen molar-refractivity contribution in [3.05, 3.63) is 54.1 Å². The predicted molar refractivity (Wildman–Crippen MR) is 95.4 cm³/mol. The maximum Gasteiger partial charge on any atom is 0.226 e. The van der Waals surface area contributed by atoms with E-state index in [0.29, 0.717) is 22.7 Å². The van der Waals surface area contributed by atoms with Crippen molar-refractivity contribution in [2.75, 3.05) is 23.9 Å². The molecule has 6 heteroatoms. The number of carbonyl (C=O) groups excluding carboxylic acids is 2. The van der Waals surface area contributed by atoms with Crippen molar-refractivity contribution in [1.29, 1.82) is 5.26 Å². The highest BCUT2D eigenvalue weighted by Crippen LogP contribution is 2.20. The Balaban J connectivity index is 1.96. The van der Waals surface area contributed by atoms with Crippen molar-refractivity contribution in [3.63, 3.8) is 0 Å². The third-order valence-corrected chi connectivity index (χ3v) is 3.62. The average Bonchev–Trinajstić information content (AvgIpc) is 2.62. The lowest BCUT2D eigenvalue weighted by molar-refractivity contribution is -0.117. The summed E-state index contributed by atoms with van der Waals surface area (Å²) >= 11 is 0. The fraction of sp³-hybridized carbons (Fsp3) is 0.211. The summed E-state index contributed by atoms with van der Waals surface area (Å²) in [6.07, 6.45) is 0.158. The second kappa shape index (κ2) is 8.50. The minimum atomic E-state index is -0.204. The number of anilines is 2. The van der Waals surface area contributed by atoms with Gasteiger partial charge < -0.3 is 15.0 Å². The summed E-state index contributed by atoms with van der Waals surface area (Å²) in [6.45, 7) is 1.73. The predicted octanol–water partition coefficient (Wildman–Crippen LogP) is 2.95. The van der Waals surface area contributed by atoms with Crippen LogP contribution < -0.4 is 15.0 Å². The van der Waals surface area contributed by atoms with E-state index >= 15 is 0 Å². The number of methoxy groups -OCH3 is 1. The molecule has 0 aliphatic carbocycles. The van der Waals surface area contributed by atoms with Crippen LogP contribution in [-0.4, -0.2) is 25.5 Å². The van der Waals surface area contributed by atoms with Crippen molar-refractivity contribution in [3.8, 4) is 11.8 Å². The molecule has 128 valence electrons. The first-order valence-electron chi connectivity index (χ1n) is 7.75. The van der Waals surface area contributed by atoms with Gasteiger partial charge in [-0.3, -0.25) is 9.59 Å². The molecular formula is C19H19N3O3. The third-order valence-electron chi connectivity index (χ3n) is 3.62. The first kappa shape index (κ1) is 18.0. The van der Waals surface area contributed by atoms with Crippen molar-refractivity contribution in [2.24, 2.45) is 0 Å². The number of ether oxygens (including phenoxy) is 1. The summed E-state index contributed by atoms with van der Waals surface area (Å²) < 4.78 is 5.10. The monoisotopic (exact) mass is 337 g/mol. The Hall–Kier alpha value is -3.33. The number of amides is 2. The zero-order chi connectivity index (χ0) is 18.2. The van der Waals surface area contributed by atoms with Crippen LogP contribution in [0.2, 0.25) is 0 Å². The molecule has 2 aromatic rings. The molecule has 0 aliphatic heterocycles. The van der Waals surface area contributed by atoms with Gasteiger partial charge in [-0.25, -0.2) is 0 Å². The van der Waals surface area contributed by atoms with Crippen molar-refractivity contribution >= 4 is 23.2 Å². The van der Waals surface area contributed by atoms with Gasteiger partial charge in [-0.05, 0) is 48.5 Å². The fourth-order valence-electron chi connectivity index (χ4n) is 2.30. The average molecular weight is 337 g/mol. The number of carbonyl (C=O) groups is 2. The van der Waals surface area contributed by atoms with E-state index < -0.39 is 0 Å². The zero-order valence-corrected chi connectivity index (χ0v) is 14.2. The van der Waals surface area contributed by atoms with Crippen LogP contribution in [0.25, 0.3) is 0 Å². The molecule has 2 aromatic carbocycles. The Bertz CT molecular complexity index is 777. The molecule has 0 aromatic heterocycles. The molecule has 1 N–H and O–H groups in total. The normalized spacial score (nSPS) is 9.80. The van der Waals surface area contributed by atoms with Crippen LogP contribution in [0, 0.1) is 11.3 Å². The summed E-state index contributed by atoms with van der Waals surface area (Å²) in [5.74, 6) is 0.353. The van der Waals surface area contributed by atoms with Gasteiger partial charge in [-0.15, -0.1) is 0 Å². The van der Waals surface area contributed by atoms with E-state index in [4.69, 9.17) is 10.00 Å². The van der Waals surface area contributed by atoms with Gasteiger partial charge in [-0.1, -0.05) is 0 Å². The Morgan fingerprint density at radius 3 is 2.28 bits per heavy atom. The van der Waals surface area contributed by atoms with Crippen LogP contribution in [0.15, 0.2) is 48.5 Å². The lowest BCUT2D eigenvalue weighted by Crippen LogP contribution is -2.31. The molecule has 0 spiro atoms. The van der Waals surface area contributed by atoms with Crippen molar-refractivity contribution < 1.29 is 14.3 Å². The SMILES string of the molecule is COc1ccc(N(CCC(=O)Nc2ccc(C#N)cc2)C(C)=O)cc1. The maximum atomic E-state index is 12.1. The van der Waals surface area contributed by atoms with E-state index in [1.807, 2.05) is 6.07 Å². The van der Waals surface area contributed by atoms with Crippen LogP contribution in [0.5, 0.6) is 5.75 Å². The summed E-state index contributed by atoms with van der Waals surface area (Å²) in [7, 11) is 1.57. The summed E-state index contributed by atoms with van der Waals surface area (Å²) in [6, 6.07) is 15.7. The van der Waals surface area contributed by atoms with Crippen LogP contribution in [0.4, 0.5) is 11.4 Å². The highest BCUT2D eigenvalue weighted by molar-refractivity contribution is 5.94. The quantitative estimate of drug-likeness (QED) is 0.878. The van der Waals surface area contributed by atoms with Gasteiger partial charge in [0.2, 0.25) is 11.8 Å². The number of rotatable bonds is 6. The molecule has 2 amide bonds. The molecule has 0 heterocycles. The van der Waals surface area contributed by atoms with Crippen LogP contribution in [0.3, 0.4) is 0 Å². The molecular weight excluding hydrogens is 318 g/mol. The van der Waals surface area contributed by atoms with Gasteiger partial charge in [-0.2, -0.15) is 5.26 Å². The standard InChI is InChI=1S/C19H19N3O3/c1-14(23)22(17-7-9-18(25-2)10-8-17)12-11-19(24)21-16-5-3-15(13-20)4-6-16/h3-10H,11-12H2,1-2H3,(H,21,24). The smallest absolute Gasteiger partial charge is 0.226 e. The molecule has 0 saturated heterocycles. The molecule has 0 bridgehead atoms. The molecule has 0 unspecified atom stereocenters. The molecule has 0 atom stereocenters. The van der Waals surface area contributed by atoms with E-state index in [0.717, 1.165) is 0 Å².